The van der Waals surface area contributed by atoms with E-state index in [0.29, 0.717) is 6.54 Å². The lowest BCUT2D eigenvalue weighted by molar-refractivity contribution is 0.578. The van der Waals surface area contributed by atoms with Gasteiger partial charge in [-0.1, -0.05) is 13.0 Å². The van der Waals surface area contributed by atoms with Crippen molar-refractivity contribution in [3.05, 3.63) is 47.3 Å². The number of hydrogen-bond acceptors (Lipinski definition) is 5. The maximum absolute atomic E-state index is 13.6. The third-order valence-corrected chi connectivity index (χ3v) is 2.85. The number of aryl methyl sites for hydroxylation is 1. The Balaban J connectivity index is 2.18. The molecule has 0 radical (unpaired) electrons. The summed E-state index contributed by atoms with van der Waals surface area (Å²) >= 11 is 0. The Bertz CT molecular complexity index is 603. The van der Waals surface area contributed by atoms with Gasteiger partial charge in [0.2, 0.25) is 0 Å². The Hall–Kier alpha value is -2.28. The predicted octanol–water partition coefficient (Wildman–Crippen LogP) is 2.21. The van der Waals surface area contributed by atoms with Gasteiger partial charge in [-0.25, -0.2) is 19.6 Å². The van der Waals surface area contributed by atoms with E-state index >= 15 is 0 Å². The van der Waals surface area contributed by atoms with Crippen LogP contribution in [0.2, 0.25) is 0 Å². The third-order valence-electron chi connectivity index (χ3n) is 2.85. The molecule has 7 heteroatoms. The zero-order valence-corrected chi connectivity index (χ0v) is 11.0. The molecule has 0 bridgehead atoms. The minimum Gasteiger partial charge on any atom is -0.362 e. The molecule has 0 aliphatic rings. The molecule has 0 unspecified atom stereocenters. The second-order valence-electron chi connectivity index (χ2n) is 4.11. The van der Waals surface area contributed by atoms with Crippen molar-refractivity contribution in [2.45, 2.75) is 19.9 Å². The number of aromatic nitrogens is 2. The first-order chi connectivity index (χ1) is 9.65. The van der Waals surface area contributed by atoms with E-state index in [1.165, 1.54) is 0 Å². The molecule has 0 aromatic carbocycles. The normalized spacial score (nSPS) is 10.4. The molecular formula is C13H15F2N5. The monoisotopic (exact) mass is 279 g/mol. The van der Waals surface area contributed by atoms with E-state index in [-0.39, 0.29) is 11.6 Å². The minimum absolute atomic E-state index is 0.0768. The summed E-state index contributed by atoms with van der Waals surface area (Å²) in [7, 11) is 0. The Morgan fingerprint density at radius 2 is 2.00 bits per heavy atom. The molecule has 2 heterocycles. The van der Waals surface area contributed by atoms with Crippen LogP contribution in [0.1, 0.15) is 18.2 Å². The smallest absolute Gasteiger partial charge is 0.178 e. The molecule has 0 fully saturated rings. The summed E-state index contributed by atoms with van der Waals surface area (Å²) in [4.78, 5) is 7.96. The first kappa shape index (κ1) is 14.1. The van der Waals surface area contributed by atoms with Crippen molar-refractivity contribution in [1.29, 1.82) is 0 Å². The largest absolute Gasteiger partial charge is 0.362 e. The number of halogens is 2. The van der Waals surface area contributed by atoms with Crippen LogP contribution in [-0.2, 0) is 13.0 Å². The molecule has 0 saturated carbocycles. The summed E-state index contributed by atoms with van der Waals surface area (Å²) in [5.74, 6) is 3.19. The second kappa shape index (κ2) is 6.25. The van der Waals surface area contributed by atoms with Gasteiger partial charge in [0.05, 0.1) is 12.2 Å². The number of anilines is 2. The summed E-state index contributed by atoms with van der Waals surface area (Å²) in [5.41, 5.74) is 3.92. The van der Waals surface area contributed by atoms with Gasteiger partial charge in [0, 0.05) is 12.3 Å². The number of nitrogens with one attached hydrogen (secondary N) is 2. The van der Waals surface area contributed by atoms with Crippen LogP contribution in [-0.4, -0.2) is 9.97 Å². The van der Waals surface area contributed by atoms with E-state index in [4.69, 9.17) is 5.84 Å². The maximum atomic E-state index is 13.6. The molecule has 0 spiro atoms. The van der Waals surface area contributed by atoms with Gasteiger partial charge in [-0.3, -0.25) is 4.98 Å². The molecule has 0 aliphatic carbocycles. The van der Waals surface area contributed by atoms with Crippen molar-refractivity contribution in [1.82, 2.24) is 9.97 Å². The van der Waals surface area contributed by atoms with Gasteiger partial charge >= 0.3 is 0 Å². The number of nitrogen functional groups attached to an aromatic ring is 1. The van der Waals surface area contributed by atoms with Crippen LogP contribution in [0.4, 0.5) is 20.4 Å². The Morgan fingerprint density at radius 1 is 1.25 bits per heavy atom. The van der Waals surface area contributed by atoms with E-state index in [1.807, 2.05) is 19.1 Å². The molecule has 0 saturated heterocycles. The van der Waals surface area contributed by atoms with Crippen LogP contribution in [0.15, 0.2) is 24.4 Å². The molecule has 106 valence electrons. The fourth-order valence-corrected chi connectivity index (χ4v) is 1.81. The first-order valence-corrected chi connectivity index (χ1v) is 6.15. The van der Waals surface area contributed by atoms with Crippen molar-refractivity contribution < 1.29 is 8.78 Å². The quantitative estimate of drug-likeness (QED) is 0.578. The number of hydrogen-bond donors (Lipinski definition) is 3. The number of nitrogens with two attached hydrogens (primary N) is 1. The third kappa shape index (κ3) is 3.00. The van der Waals surface area contributed by atoms with Gasteiger partial charge < -0.3 is 10.7 Å². The van der Waals surface area contributed by atoms with Crippen LogP contribution in [0, 0.1) is 11.6 Å². The van der Waals surface area contributed by atoms with E-state index < -0.39 is 11.6 Å². The van der Waals surface area contributed by atoms with E-state index in [1.54, 1.807) is 6.20 Å². The number of nitrogens with zero attached hydrogens (tertiary/aromatic N) is 2. The molecule has 2 aromatic rings. The van der Waals surface area contributed by atoms with Gasteiger partial charge in [-0.2, -0.15) is 0 Å². The summed E-state index contributed by atoms with van der Waals surface area (Å²) in [6.07, 6.45) is 2.48. The lowest BCUT2D eigenvalue weighted by atomic mass is 10.1. The SMILES string of the molecule is CCc1cccnc1CNc1nc(NN)c(F)cc1F. The lowest BCUT2D eigenvalue weighted by Crippen LogP contribution is -2.14. The summed E-state index contributed by atoms with van der Waals surface area (Å²) in [5, 5.41) is 2.80. The van der Waals surface area contributed by atoms with Gasteiger partial charge in [0.1, 0.15) is 0 Å². The highest BCUT2D eigenvalue weighted by Gasteiger charge is 2.11. The van der Waals surface area contributed by atoms with E-state index in [2.05, 4.69) is 20.7 Å². The maximum Gasteiger partial charge on any atom is 0.178 e. The Morgan fingerprint density at radius 3 is 2.70 bits per heavy atom. The molecule has 0 aliphatic heterocycles. The van der Waals surface area contributed by atoms with Gasteiger partial charge in [-0.15, -0.1) is 0 Å². The molecule has 0 atom stereocenters. The Labute approximate surface area is 115 Å². The van der Waals surface area contributed by atoms with Crippen LogP contribution >= 0.6 is 0 Å². The Kier molecular flexibility index (Phi) is 4.41. The van der Waals surface area contributed by atoms with Gasteiger partial charge in [0.15, 0.2) is 23.3 Å². The summed E-state index contributed by atoms with van der Waals surface area (Å²) in [6.45, 7) is 2.30. The molecule has 20 heavy (non-hydrogen) atoms. The highest BCUT2D eigenvalue weighted by atomic mass is 19.1. The van der Waals surface area contributed by atoms with Gasteiger partial charge in [-0.05, 0) is 18.1 Å². The summed E-state index contributed by atoms with van der Waals surface area (Å²) < 4.78 is 26.8. The van der Waals surface area contributed by atoms with Crippen molar-refractivity contribution in [3.8, 4) is 0 Å². The number of hydrazine groups is 1. The van der Waals surface area contributed by atoms with Crippen molar-refractivity contribution in [2.75, 3.05) is 10.7 Å². The van der Waals surface area contributed by atoms with Crippen LogP contribution in [0.25, 0.3) is 0 Å². The lowest BCUT2D eigenvalue weighted by Gasteiger charge is -2.11. The predicted molar refractivity (Wildman–Crippen MR) is 72.9 cm³/mol. The van der Waals surface area contributed by atoms with Crippen LogP contribution < -0.4 is 16.6 Å². The van der Waals surface area contributed by atoms with Crippen LogP contribution in [0.5, 0.6) is 0 Å². The van der Waals surface area contributed by atoms with E-state index in [9.17, 15) is 8.78 Å². The first-order valence-electron chi connectivity index (χ1n) is 6.15. The van der Waals surface area contributed by atoms with E-state index in [0.717, 1.165) is 23.7 Å². The zero-order chi connectivity index (χ0) is 14.5. The standard InChI is InChI=1S/C13H15F2N5/c1-2-8-4-3-5-17-11(8)7-18-12-9(14)6-10(15)13(19-12)20-16/h3-6H,2,7,16H2,1H3,(H2,18,19,20). The highest BCUT2D eigenvalue weighted by Crippen LogP contribution is 2.19. The van der Waals surface area contributed by atoms with Crippen molar-refractivity contribution in [3.63, 3.8) is 0 Å². The molecular weight excluding hydrogens is 264 g/mol. The van der Waals surface area contributed by atoms with Gasteiger partial charge in [0.25, 0.3) is 0 Å². The van der Waals surface area contributed by atoms with Crippen molar-refractivity contribution >= 4 is 11.6 Å². The highest BCUT2D eigenvalue weighted by molar-refractivity contribution is 5.47. The average molecular weight is 279 g/mol. The second-order valence-corrected chi connectivity index (χ2v) is 4.11. The van der Waals surface area contributed by atoms with Crippen molar-refractivity contribution in [2.24, 2.45) is 5.84 Å². The fraction of sp³-hybridized carbons (Fsp3) is 0.231. The molecule has 0 amide bonds. The number of pyridine rings is 2. The average Bonchev–Trinajstić information content (AvgIpc) is 2.46. The molecule has 2 rings (SSSR count). The molecule has 4 N–H and O–H groups in total. The number of rotatable bonds is 5. The summed E-state index contributed by atoms with van der Waals surface area (Å²) in [6, 6.07) is 4.52. The zero-order valence-electron chi connectivity index (χ0n) is 11.0. The fourth-order valence-electron chi connectivity index (χ4n) is 1.81. The molecule has 2 aromatic heterocycles. The topological polar surface area (TPSA) is 75.9 Å². The minimum atomic E-state index is -0.845. The molecule has 5 nitrogen and oxygen atoms in total. The van der Waals surface area contributed by atoms with Crippen LogP contribution in [0.3, 0.4) is 0 Å².